The number of pyridine rings is 1. The fourth-order valence-corrected chi connectivity index (χ4v) is 3.52. The van der Waals surface area contributed by atoms with Crippen molar-refractivity contribution in [1.82, 2.24) is 24.8 Å². The van der Waals surface area contributed by atoms with Crippen molar-refractivity contribution in [3.8, 4) is 11.8 Å². The first-order valence-corrected chi connectivity index (χ1v) is 10.8. The second-order valence-corrected chi connectivity index (χ2v) is 8.27. The van der Waals surface area contributed by atoms with Crippen LogP contribution in [0.1, 0.15) is 58.2 Å². The molecule has 0 saturated heterocycles. The van der Waals surface area contributed by atoms with Gasteiger partial charge in [-0.15, -0.1) is 0 Å². The highest BCUT2D eigenvalue weighted by molar-refractivity contribution is 5.95. The van der Waals surface area contributed by atoms with Crippen molar-refractivity contribution < 1.29 is 4.79 Å². The molecule has 0 spiro atoms. The van der Waals surface area contributed by atoms with E-state index in [1.807, 2.05) is 48.9 Å². The van der Waals surface area contributed by atoms with Gasteiger partial charge < -0.3 is 15.6 Å². The number of hydrogen-bond acceptors (Lipinski definition) is 5. The fraction of sp³-hybridized carbons (Fsp3) is 0.231. The third-order valence-electron chi connectivity index (χ3n) is 5.45. The van der Waals surface area contributed by atoms with Gasteiger partial charge in [-0.1, -0.05) is 24.0 Å². The van der Waals surface area contributed by atoms with Crippen LogP contribution in [-0.4, -0.2) is 25.4 Å². The molecule has 4 rings (SSSR count). The summed E-state index contributed by atoms with van der Waals surface area (Å²) in [6.45, 7) is 8.47. The lowest BCUT2D eigenvalue weighted by atomic mass is 10.0. The van der Waals surface area contributed by atoms with E-state index in [-0.39, 0.29) is 11.9 Å². The zero-order chi connectivity index (χ0) is 23.5. The van der Waals surface area contributed by atoms with Crippen LogP contribution in [-0.2, 0) is 6.54 Å². The highest BCUT2D eigenvalue weighted by Crippen LogP contribution is 2.26. The molecule has 0 unspecified atom stereocenters. The standard InChI is InChI=1S/C26H26N6O/c1-16(2)32-14-22(23-24(27)30-15-31-25(23)32)10-9-20-11-21(8-5-17(20)3)26(33)29-13-19-7-6-18(4)28-12-19/h5-8,11-12,14-16H,13H2,1-4H3,(H,29,33)(H2,27,30,31). The van der Waals surface area contributed by atoms with Gasteiger partial charge in [0.1, 0.15) is 17.8 Å². The van der Waals surface area contributed by atoms with E-state index in [1.54, 1.807) is 12.3 Å². The van der Waals surface area contributed by atoms with Crippen molar-refractivity contribution >= 4 is 22.8 Å². The first kappa shape index (κ1) is 22.0. The quantitative estimate of drug-likeness (QED) is 0.470. The Morgan fingerprint density at radius 1 is 1.09 bits per heavy atom. The molecular formula is C26H26N6O. The molecule has 0 saturated carbocycles. The van der Waals surface area contributed by atoms with Crippen LogP contribution in [0.25, 0.3) is 11.0 Å². The maximum atomic E-state index is 12.7. The van der Waals surface area contributed by atoms with Gasteiger partial charge in [0.2, 0.25) is 0 Å². The second kappa shape index (κ2) is 9.13. The number of benzene rings is 1. The molecule has 3 heterocycles. The van der Waals surface area contributed by atoms with Gasteiger partial charge in [0, 0.05) is 41.8 Å². The summed E-state index contributed by atoms with van der Waals surface area (Å²) in [7, 11) is 0. The summed E-state index contributed by atoms with van der Waals surface area (Å²) in [4.78, 5) is 25.5. The Morgan fingerprint density at radius 2 is 1.88 bits per heavy atom. The number of nitrogens with one attached hydrogen (secondary N) is 1. The predicted molar refractivity (Wildman–Crippen MR) is 130 cm³/mol. The lowest BCUT2D eigenvalue weighted by molar-refractivity contribution is 0.0951. The zero-order valence-corrected chi connectivity index (χ0v) is 19.2. The van der Waals surface area contributed by atoms with Crippen molar-refractivity contribution in [3.63, 3.8) is 0 Å². The number of nitrogen functional groups attached to an aromatic ring is 1. The Balaban J connectivity index is 1.61. The molecule has 1 aromatic carbocycles. The van der Waals surface area contributed by atoms with Gasteiger partial charge >= 0.3 is 0 Å². The molecule has 0 bridgehead atoms. The minimum atomic E-state index is -0.160. The maximum absolute atomic E-state index is 12.7. The lowest BCUT2D eigenvalue weighted by Gasteiger charge is -2.07. The second-order valence-electron chi connectivity index (χ2n) is 8.27. The van der Waals surface area contributed by atoms with E-state index in [0.717, 1.165) is 39.0 Å². The van der Waals surface area contributed by atoms with Gasteiger partial charge in [0.25, 0.3) is 5.91 Å². The Hall–Kier alpha value is -4.18. The molecule has 33 heavy (non-hydrogen) atoms. The number of aryl methyl sites for hydroxylation is 2. The highest BCUT2D eigenvalue weighted by Gasteiger charge is 2.14. The molecule has 4 aromatic rings. The molecule has 0 atom stereocenters. The molecule has 3 N–H and O–H groups in total. The molecule has 166 valence electrons. The minimum Gasteiger partial charge on any atom is -0.383 e. The molecule has 0 aliphatic rings. The molecule has 0 fully saturated rings. The lowest BCUT2D eigenvalue weighted by Crippen LogP contribution is -2.23. The Morgan fingerprint density at radius 3 is 2.61 bits per heavy atom. The summed E-state index contributed by atoms with van der Waals surface area (Å²) in [5.74, 6) is 6.67. The molecule has 7 heteroatoms. The summed E-state index contributed by atoms with van der Waals surface area (Å²) >= 11 is 0. The third kappa shape index (κ3) is 4.70. The van der Waals surface area contributed by atoms with Gasteiger partial charge in [0.15, 0.2) is 0 Å². The Bertz CT molecular complexity index is 1390. The fourth-order valence-electron chi connectivity index (χ4n) is 3.52. The summed E-state index contributed by atoms with van der Waals surface area (Å²) in [6, 6.07) is 9.61. The van der Waals surface area contributed by atoms with E-state index in [0.29, 0.717) is 17.9 Å². The van der Waals surface area contributed by atoms with Gasteiger partial charge in [-0.05, 0) is 57.0 Å². The van der Waals surface area contributed by atoms with Crippen molar-refractivity contribution in [3.05, 3.63) is 82.6 Å². The number of fused-ring (bicyclic) bond motifs is 1. The normalized spacial score (nSPS) is 10.8. The summed E-state index contributed by atoms with van der Waals surface area (Å²) in [5.41, 5.74) is 11.9. The average molecular weight is 439 g/mol. The SMILES string of the molecule is Cc1ccc(CNC(=O)c2ccc(C)c(C#Cc3cn(C(C)C)c4ncnc(N)c34)c2)cn1. The first-order valence-electron chi connectivity index (χ1n) is 10.8. The van der Waals surface area contributed by atoms with Gasteiger partial charge in [-0.2, -0.15) is 0 Å². The molecular weight excluding hydrogens is 412 g/mol. The van der Waals surface area contributed by atoms with E-state index in [2.05, 4.69) is 46.0 Å². The van der Waals surface area contributed by atoms with Gasteiger partial charge in [-0.25, -0.2) is 9.97 Å². The van der Waals surface area contributed by atoms with E-state index < -0.39 is 0 Å². The molecule has 0 aliphatic heterocycles. The van der Waals surface area contributed by atoms with Gasteiger partial charge in [-0.3, -0.25) is 9.78 Å². The minimum absolute atomic E-state index is 0.160. The van der Waals surface area contributed by atoms with Crippen LogP contribution in [0.5, 0.6) is 0 Å². The van der Waals surface area contributed by atoms with Crippen molar-refractivity contribution in [2.75, 3.05) is 5.73 Å². The average Bonchev–Trinajstić information content (AvgIpc) is 3.18. The third-order valence-corrected chi connectivity index (χ3v) is 5.45. The van der Waals surface area contributed by atoms with Crippen LogP contribution in [0, 0.1) is 25.7 Å². The summed E-state index contributed by atoms with van der Waals surface area (Å²) in [6.07, 6.45) is 5.19. The van der Waals surface area contributed by atoms with Crippen LogP contribution in [0.2, 0.25) is 0 Å². The molecule has 3 aromatic heterocycles. The Kier molecular flexibility index (Phi) is 6.09. The van der Waals surface area contributed by atoms with E-state index in [4.69, 9.17) is 5.73 Å². The van der Waals surface area contributed by atoms with E-state index in [9.17, 15) is 4.79 Å². The molecule has 0 radical (unpaired) electrons. The Labute approximate surface area is 193 Å². The first-order chi connectivity index (χ1) is 15.8. The number of aromatic nitrogens is 4. The zero-order valence-electron chi connectivity index (χ0n) is 19.2. The topological polar surface area (TPSA) is 98.7 Å². The number of carbonyl (C=O) groups is 1. The summed E-state index contributed by atoms with van der Waals surface area (Å²) < 4.78 is 2.04. The van der Waals surface area contributed by atoms with Crippen molar-refractivity contribution in [2.45, 2.75) is 40.3 Å². The maximum Gasteiger partial charge on any atom is 0.251 e. The molecule has 7 nitrogen and oxygen atoms in total. The van der Waals surface area contributed by atoms with Gasteiger partial charge in [0.05, 0.1) is 10.9 Å². The number of rotatable bonds is 4. The number of nitrogens with zero attached hydrogens (tertiary/aromatic N) is 4. The van der Waals surface area contributed by atoms with Crippen LogP contribution < -0.4 is 11.1 Å². The molecule has 1 amide bonds. The molecule has 0 aliphatic carbocycles. The number of nitrogens with two attached hydrogens (primary N) is 1. The summed E-state index contributed by atoms with van der Waals surface area (Å²) in [5, 5.41) is 3.69. The number of carbonyl (C=O) groups excluding carboxylic acids is 1. The van der Waals surface area contributed by atoms with E-state index >= 15 is 0 Å². The van der Waals surface area contributed by atoms with Crippen LogP contribution in [0.4, 0.5) is 5.82 Å². The number of amides is 1. The van der Waals surface area contributed by atoms with E-state index in [1.165, 1.54) is 6.33 Å². The predicted octanol–water partition coefficient (Wildman–Crippen LogP) is 3.94. The monoisotopic (exact) mass is 438 g/mol. The van der Waals surface area contributed by atoms with Crippen LogP contribution in [0.15, 0.2) is 49.1 Å². The highest BCUT2D eigenvalue weighted by atomic mass is 16.1. The van der Waals surface area contributed by atoms with Crippen LogP contribution >= 0.6 is 0 Å². The number of hydrogen-bond donors (Lipinski definition) is 2. The largest absolute Gasteiger partial charge is 0.383 e. The van der Waals surface area contributed by atoms with Crippen molar-refractivity contribution in [1.29, 1.82) is 0 Å². The van der Waals surface area contributed by atoms with Crippen LogP contribution in [0.3, 0.4) is 0 Å². The smallest absolute Gasteiger partial charge is 0.251 e. The van der Waals surface area contributed by atoms with Crippen molar-refractivity contribution in [2.24, 2.45) is 0 Å². The number of anilines is 1.